The van der Waals surface area contributed by atoms with Gasteiger partial charge in [-0.25, -0.2) is 0 Å². The van der Waals surface area contributed by atoms with Gasteiger partial charge in [0, 0.05) is 11.8 Å². The molecule has 2 aromatic rings. The summed E-state index contributed by atoms with van der Waals surface area (Å²) < 4.78 is 0. The van der Waals surface area contributed by atoms with Gasteiger partial charge in [-0.15, -0.1) is 4.91 Å². The third kappa shape index (κ3) is 1.35. The minimum atomic E-state index is 0.258. The van der Waals surface area contributed by atoms with Crippen LogP contribution in [0.25, 0.3) is 11.3 Å². The number of benzene rings is 1. The number of nitrogens with one attached hydrogen (secondary N) is 1. The smallest absolute Gasteiger partial charge is 0.130 e. The summed E-state index contributed by atoms with van der Waals surface area (Å²) in [5, 5.41) is 9.42. The first kappa shape index (κ1) is 8.43. The minimum Gasteiger partial charge on any atom is -0.397 e. The molecule has 1 aromatic heterocycles. The van der Waals surface area contributed by atoms with Crippen molar-refractivity contribution >= 4 is 11.4 Å². The molecule has 14 heavy (non-hydrogen) atoms. The number of nitroso groups, excluding NO2 is 1. The zero-order valence-electron chi connectivity index (χ0n) is 7.27. The molecular weight excluding hydrogens is 180 g/mol. The van der Waals surface area contributed by atoms with E-state index in [-0.39, 0.29) is 5.69 Å². The summed E-state index contributed by atoms with van der Waals surface area (Å²) in [5.41, 5.74) is 7.97. The molecule has 0 aliphatic rings. The van der Waals surface area contributed by atoms with Gasteiger partial charge in [0.15, 0.2) is 0 Å². The maximum atomic E-state index is 10.3. The lowest BCUT2D eigenvalue weighted by Crippen LogP contribution is -1.86. The highest BCUT2D eigenvalue weighted by atomic mass is 16.3. The number of nitrogen functional groups attached to an aromatic ring is 1. The molecule has 0 amide bonds. The SMILES string of the molecule is Nc1cc(-c2ccn[nH]2)ccc1N=O. The Kier molecular flexibility index (Phi) is 1.98. The van der Waals surface area contributed by atoms with Crippen molar-refractivity contribution in [1.29, 1.82) is 0 Å². The predicted molar refractivity (Wildman–Crippen MR) is 53.9 cm³/mol. The predicted octanol–water partition coefficient (Wildman–Crippen LogP) is 2.06. The highest BCUT2D eigenvalue weighted by Gasteiger charge is 2.03. The molecule has 0 aliphatic carbocycles. The third-order valence-electron chi connectivity index (χ3n) is 1.94. The van der Waals surface area contributed by atoms with Crippen LogP contribution in [0.3, 0.4) is 0 Å². The maximum absolute atomic E-state index is 10.3. The number of H-pyrrole nitrogens is 1. The second-order valence-electron chi connectivity index (χ2n) is 2.84. The largest absolute Gasteiger partial charge is 0.397 e. The second kappa shape index (κ2) is 3.29. The fourth-order valence-corrected chi connectivity index (χ4v) is 1.22. The lowest BCUT2D eigenvalue weighted by Gasteiger charge is -2.00. The molecule has 0 aliphatic heterocycles. The molecule has 0 atom stereocenters. The Morgan fingerprint density at radius 3 is 2.79 bits per heavy atom. The van der Waals surface area contributed by atoms with E-state index in [1.807, 2.05) is 6.07 Å². The summed E-state index contributed by atoms with van der Waals surface area (Å²) in [4.78, 5) is 10.3. The fourth-order valence-electron chi connectivity index (χ4n) is 1.22. The van der Waals surface area contributed by atoms with Crippen LogP contribution in [-0.4, -0.2) is 10.2 Å². The number of aromatic nitrogens is 2. The minimum absolute atomic E-state index is 0.258. The Morgan fingerprint density at radius 1 is 1.36 bits per heavy atom. The van der Waals surface area contributed by atoms with Crippen LogP contribution >= 0.6 is 0 Å². The highest BCUT2D eigenvalue weighted by molar-refractivity contribution is 5.72. The molecule has 3 N–H and O–H groups in total. The van der Waals surface area contributed by atoms with Gasteiger partial charge < -0.3 is 5.73 Å². The van der Waals surface area contributed by atoms with Gasteiger partial charge in [-0.1, -0.05) is 6.07 Å². The van der Waals surface area contributed by atoms with Crippen LogP contribution < -0.4 is 5.73 Å². The van der Waals surface area contributed by atoms with Crippen LogP contribution in [0.4, 0.5) is 11.4 Å². The number of aromatic amines is 1. The second-order valence-corrected chi connectivity index (χ2v) is 2.84. The zero-order chi connectivity index (χ0) is 9.97. The van der Waals surface area contributed by atoms with Gasteiger partial charge in [-0.05, 0) is 23.4 Å². The Bertz CT molecular complexity index is 450. The molecule has 5 heteroatoms. The third-order valence-corrected chi connectivity index (χ3v) is 1.94. The van der Waals surface area contributed by atoms with E-state index in [1.54, 1.807) is 24.4 Å². The number of nitrogens with two attached hydrogens (primary N) is 1. The topological polar surface area (TPSA) is 84.1 Å². The van der Waals surface area contributed by atoms with E-state index in [9.17, 15) is 4.91 Å². The van der Waals surface area contributed by atoms with E-state index in [0.29, 0.717) is 5.69 Å². The Hall–Kier alpha value is -2.17. The average molecular weight is 188 g/mol. The molecule has 2 rings (SSSR count). The fraction of sp³-hybridized carbons (Fsp3) is 0. The van der Waals surface area contributed by atoms with Crippen LogP contribution in [0.2, 0.25) is 0 Å². The van der Waals surface area contributed by atoms with E-state index in [0.717, 1.165) is 11.3 Å². The summed E-state index contributed by atoms with van der Waals surface area (Å²) in [6, 6.07) is 6.85. The monoisotopic (exact) mass is 188 g/mol. The van der Waals surface area contributed by atoms with Gasteiger partial charge >= 0.3 is 0 Å². The van der Waals surface area contributed by atoms with Gasteiger partial charge in [-0.3, -0.25) is 5.10 Å². The van der Waals surface area contributed by atoms with Gasteiger partial charge in [0.25, 0.3) is 0 Å². The van der Waals surface area contributed by atoms with E-state index >= 15 is 0 Å². The van der Waals surface area contributed by atoms with Crippen LogP contribution in [0.1, 0.15) is 0 Å². The molecule has 1 aromatic carbocycles. The van der Waals surface area contributed by atoms with E-state index in [4.69, 9.17) is 5.73 Å². The number of rotatable bonds is 2. The van der Waals surface area contributed by atoms with Crippen LogP contribution in [0.15, 0.2) is 35.6 Å². The van der Waals surface area contributed by atoms with Crippen molar-refractivity contribution in [1.82, 2.24) is 10.2 Å². The first-order valence-electron chi connectivity index (χ1n) is 4.04. The molecule has 0 unspecified atom stereocenters. The van der Waals surface area contributed by atoms with Gasteiger partial charge in [-0.2, -0.15) is 5.10 Å². The van der Waals surface area contributed by atoms with Crippen molar-refractivity contribution in [3.8, 4) is 11.3 Å². The summed E-state index contributed by atoms with van der Waals surface area (Å²) in [6.45, 7) is 0. The molecule has 0 saturated carbocycles. The summed E-state index contributed by atoms with van der Waals surface area (Å²) in [5.74, 6) is 0. The van der Waals surface area contributed by atoms with Gasteiger partial charge in [0.1, 0.15) is 5.69 Å². The van der Waals surface area contributed by atoms with Crippen molar-refractivity contribution in [3.05, 3.63) is 35.4 Å². The van der Waals surface area contributed by atoms with Gasteiger partial charge in [0.2, 0.25) is 0 Å². The number of anilines is 1. The van der Waals surface area contributed by atoms with E-state index in [2.05, 4.69) is 15.4 Å². The number of hydrogen-bond donors (Lipinski definition) is 2. The van der Waals surface area contributed by atoms with Crippen molar-refractivity contribution in [2.75, 3.05) is 5.73 Å². The molecule has 70 valence electrons. The van der Waals surface area contributed by atoms with Gasteiger partial charge in [0.05, 0.1) is 11.4 Å². The molecule has 0 radical (unpaired) electrons. The van der Waals surface area contributed by atoms with E-state index < -0.39 is 0 Å². The molecule has 5 nitrogen and oxygen atoms in total. The molecular formula is C9H8N4O. The zero-order valence-corrected chi connectivity index (χ0v) is 7.27. The first-order valence-corrected chi connectivity index (χ1v) is 4.04. The van der Waals surface area contributed by atoms with Crippen molar-refractivity contribution in [3.63, 3.8) is 0 Å². The lowest BCUT2D eigenvalue weighted by molar-refractivity contribution is 1.10. The lowest BCUT2D eigenvalue weighted by atomic mass is 10.1. The summed E-state index contributed by atoms with van der Waals surface area (Å²) in [7, 11) is 0. The van der Waals surface area contributed by atoms with Crippen molar-refractivity contribution < 1.29 is 0 Å². The first-order chi connectivity index (χ1) is 6.81. The average Bonchev–Trinajstić information content (AvgIpc) is 2.70. The number of hydrogen-bond acceptors (Lipinski definition) is 4. The number of nitrogens with zero attached hydrogens (tertiary/aromatic N) is 2. The van der Waals surface area contributed by atoms with Crippen LogP contribution in [0.5, 0.6) is 0 Å². The summed E-state index contributed by atoms with van der Waals surface area (Å²) in [6.07, 6.45) is 1.65. The van der Waals surface area contributed by atoms with Crippen LogP contribution in [-0.2, 0) is 0 Å². The van der Waals surface area contributed by atoms with Crippen molar-refractivity contribution in [2.45, 2.75) is 0 Å². The molecule has 0 spiro atoms. The quantitative estimate of drug-likeness (QED) is 0.558. The maximum Gasteiger partial charge on any atom is 0.130 e. The summed E-state index contributed by atoms with van der Waals surface area (Å²) >= 11 is 0. The van der Waals surface area contributed by atoms with Crippen molar-refractivity contribution in [2.24, 2.45) is 5.18 Å². The van der Waals surface area contributed by atoms with E-state index in [1.165, 1.54) is 0 Å². The standard InChI is InChI=1S/C9H8N4O/c10-7-5-6(1-2-9(7)13-14)8-3-4-11-12-8/h1-5H,10H2,(H,11,12). The Labute approximate surface area is 79.9 Å². The normalized spacial score (nSPS) is 10.0. The molecule has 0 fully saturated rings. The highest BCUT2D eigenvalue weighted by Crippen LogP contribution is 2.27. The molecule has 1 heterocycles. The van der Waals surface area contributed by atoms with Crippen LogP contribution in [0, 0.1) is 4.91 Å². The molecule has 0 saturated heterocycles. The Balaban J connectivity index is 2.48. The Morgan fingerprint density at radius 2 is 2.21 bits per heavy atom. The molecule has 0 bridgehead atoms.